The summed E-state index contributed by atoms with van der Waals surface area (Å²) in [5.41, 5.74) is 3.44. The normalized spacial score (nSPS) is 14.5. The summed E-state index contributed by atoms with van der Waals surface area (Å²) in [5, 5.41) is 3.06. The van der Waals surface area contributed by atoms with Gasteiger partial charge in [-0.1, -0.05) is 54.6 Å². The van der Waals surface area contributed by atoms with Gasteiger partial charge in [0.1, 0.15) is 0 Å². The number of carbonyl (C=O) groups excluding carboxylic acids is 1. The lowest BCUT2D eigenvalue weighted by Crippen LogP contribution is -2.36. The van der Waals surface area contributed by atoms with Gasteiger partial charge >= 0.3 is 0 Å². The van der Waals surface area contributed by atoms with Gasteiger partial charge in [-0.25, -0.2) is 4.98 Å². The first-order valence-electron chi connectivity index (χ1n) is 10.9. The zero-order chi connectivity index (χ0) is 21.3. The van der Waals surface area contributed by atoms with E-state index in [1.54, 1.807) is 6.20 Å². The van der Waals surface area contributed by atoms with Crippen molar-refractivity contribution in [3.8, 4) is 11.3 Å². The van der Waals surface area contributed by atoms with Crippen LogP contribution >= 0.6 is 0 Å². The van der Waals surface area contributed by atoms with E-state index in [-0.39, 0.29) is 5.91 Å². The molecular weight excluding hydrogens is 390 g/mol. The summed E-state index contributed by atoms with van der Waals surface area (Å²) in [4.78, 5) is 19.1. The number of aromatic nitrogens is 1. The van der Waals surface area contributed by atoms with Crippen molar-refractivity contribution < 1.29 is 13.9 Å². The summed E-state index contributed by atoms with van der Waals surface area (Å²) >= 11 is 0. The average Bonchev–Trinajstić information content (AvgIpc) is 3.29. The van der Waals surface area contributed by atoms with Crippen molar-refractivity contribution in [1.29, 1.82) is 0 Å². The van der Waals surface area contributed by atoms with Gasteiger partial charge in [0.15, 0.2) is 11.7 Å². The van der Waals surface area contributed by atoms with Gasteiger partial charge in [0.25, 0.3) is 0 Å². The molecule has 1 aliphatic rings. The van der Waals surface area contributed by atoms with Crippen molar-refractivity contribution in [2.24, 2.45) is 0 Å². The molecule has 1 amide bonds. The molecule has 1 N–H and O–H groups in total. The highest BCUT2D eigenvalue weighted by Gasteiger charge is 2.13. The number of benzene rings is 2. The standard InChI is InChI=1S/C25H29N3O3/c29-24(11-6-12-25-27-18-23(31-25)20-7-2-1-3-8-20)26-17-21-9-4-5-10-22(21)19-28-13-15-30-16-14-28/h1-5,7-10,18H,6,11-17,19H2,(H,26,29). The number of aryl methyl sites for hydroxylation is 1. The Bertz CT molecular complexity index is 965. The third kappa shape index (κ3) is 6.26. The van der Waals surface area contributed by atoms with Crippen LogP contribution in [-0.4, -0.2) is 42.1 Å². The second-order valence-electron chi connectivity index (χ2n) is 7.77. The minimum Gasteiger partial charge on any atom is -0.441 e. The average molecular weight is 420 g/mol. The summed E-state index contributed by atoms with van der Waals surface area (Å²) in [6.45, 7) is 4.92. The number of nitrogens with one attached hydrogen (secondary N) is 1. The molecule has 0 radical (unpaired) electrons. The van der Waals surface area contributed by atoms with Crippen LogP contribution in [-0.2, 0) is 29.0 Å². The predicted molar refractivity (Wildman–Crippen MR) is 119 cm³/mol. The van der Waals surface area contributed by atoms with Crippen molar-refractivity contribution in [3.63, 3.8) is 0 Å². The molecule has 31 heavy (non-hydrogen) atoms. The van der Waals surface area contributed by atoms with Gasteiger partial charge in [0.05, 0.1) is 19.4 Å². The largest absolute Gasteiger partial charge is 0.441 e. The Hall–Kier alpha value is -2.96. The lowest BCUT2D eigenvalue weighted by atomic mass is 10.1. The van der Waals surface area contributed by atoms with Crippen LogP contribution in [0.25, 0.3) is 11.3 Å². The van der Waals surface area contributed by atoms with Crippen molar-refractivity contribution in [3.05, 3.63) is 77.8 Å². The van der Waals surface area contributed by atoms with E-state index in [1.807, 2.05) is 36.4 Å². The smallest absolute Gasteiger partial charge is 0.220 e. The van der Waals surface area contributed by atoms with Crippen LogP contribution in [0.3, 0.4) is 0 Å². The number of ether oxygens (including phenoxy) is 1. The Balaban J connectivity index is 1.22. The van der Waals surface area contributed by atoms with Crippen molar-refractivity contribution in [2.45, 2.75) is 32.4 Å². The second kappa shape index (κ2) is 10.9. The number of rotatable bonds is 9. The first-order valence-corrected chi connectivity index (χ1v) is 10.9. The fraction of sp³-hybridized carbons (Fsp3) is 0.360. The Morgan fingerprint density at radius 2 is 1.74 bits per heavy atom. The van der Waals surface area contributed by atoms with Gasteiger partial charge in [-0.15, -0.1) is 0 Å². The molecule has 4 rings (SSSR count). The topological polar surface area (TPSA) is 67.6 Å². The fourth-order valence-corrected chi connectivity index (χ4v) is 3.73. The van der Waals surface area contributed by atoms with E-state index in [0.29, 0.717) is 31.7 Å². The number of hydrogen-bond donors (Lipinski definition) is 1. The maximum Gasteiger partial charge on any atom is 0.220 e. The molecular formula is C25H29N3O3. The van der Waals surface area contributed by atoms with Crippen LogP contribution in [0.1, 0.15) is 29.9 Å². The van der Waals surface area contributed by atoms with Crippen LogP contribution in [0.15, 0.2) is 65.2 Å². The first kappa shape index (κ1) is 21.3. The minimum atomic E-state index is 0.0519. The molecule has 0 atom stereocenters. The van der Waals surface area contributed by atoms with Gasteiger partial charge in [0, 0.05) is 44.6 Å². The number of carbonyl (C=O) groups is 1. The zero-order valence-electron chi connectivity index (χ0n) is 17.8. The molecule has 0 bridgehead atoms. The van der Waals surface area contributed by atoms with Crippen molar-refractivity contribution in [2.75, 3.05) is 26.3 Å². The van der Waals surface area contributed by atoms with E-state index in [4.69, 9.17) is 9.15 Å². The van der Waals surface area contributed by atoms with E-state index < -0.39 is 0 Å². The van der Waals surface area contributed by atoms with Gasteiger partial charge in [-0.05, 0) is 17.5 Å². The molecule has 2 heterocycles. The summed E-state index contributed by atoms with van der Waals surface area (Å²) in [7, 11) is 0. The molecule has 1 aliphatic heterocycles. The highest BCUT2D eigenvalue weighted by Crippen LogP contribution is 2.20. The number of morpholine rings is 1. The maximum absolute atomic E-state index is 12.3. The molecule has 6 heteroatoms. The lowest BCUT2D eigenvalue weighted by molar-refractivity contribution is -0.121. The van der Waals surface area contributed by atoms with Crippen LogP contribution in [0.5, 0.6) is 0 Å². The number of hydrogen-bond acceptors (Lipinski definition) is 5. The molecule has 0 aliphatic carbocycles. The number of nitrogens with zero attached hydrogens (tertiary/aromatic N) is 2. The third-order valence-corrected chi connectivity index (χ3v) is 5.50. The predicted octanol–water partition coefficient (Wildman–Crippen LogP) is 3.81. The van der Waals surface area contributed by atoms with E-state index in [2.05, 4.69) is 33.4 Å². The third-order valence-electron chi connectivity index (χ3n) is 5.50. The second-order valence-corrected chi connectivity index (χ2v) is 7.77. The van der Waals surface area contributed by atoms with E-state index >= 15 is 0 Å². The summed E-state index contributed by atoms with van der Waals surface area (Å²) in [6.07, 6.45) is 3.55. The van der Waals surface area contributed by atoms with E-state index in [1.165, 1.54) is 11.1 Å². The van der Waals surface area contributed by atoms with Crippen LogP contribution in [0.4, 0.5) is 0 Å². The molecule has 0 saturated carbocycles. The molecule has 0 unspecified atom stereocenters. The lowest BCUT2D eigenvalue weighted by Gasteiger charge is -2.27. The molecule has 0 spiro atoms. The SMILES string of the molecule is O=C(CCCc1ncc(-c2ccccc2)o1)NCc1ccccc1CN1CCOCC1. The Kier molecular flexibility index (Phi) is 7.47. The zero-order valence-corrected chi connectivity index (χ0v) is 17.8. The molecule has 1 fully saturated rings. The first-order chi connectivity index (χ1) is 15.3. The summed E-state index contributed by atoms with van der Waals surface area (Å²) in [5.74, 6) is 1.48. The van der Waals surface area contributed by atoms with Gasteiger partial charge in [-0.3, -0.25) is 9.69 Å². The van der Waals surface area contributed by atoms with E-state index in [9.17, 15) is 4.79 Å². The quantitative estimate of drug-likeness (QED) is 0.571. The number of oxazole rings is 1. The summed E-state index contributed by atoms with van der Waals surface area (Å²) < 4.78 is 11.2. The maximum atomic E-state index is 12.3. The summed E-state index contributed by atoms with van der Waals surface area (Å²) in [6, 6.07) is 18.2. The van der Waals surface area contributed by atoms with E-state index in [0.717, 1.165) is 44.2 Å². The molecule has 6 nitrogen and oxygen atoms in total. The van der Waals surface area contributed by atoms with Gasteiger partial charge in [-0.2, -0.15) is 0 Å². The van der Waals surface area contributed by atoms with Crippen LogP contribution < -0.4 is 5.32 Å². The Labute approximate surface area is 183 Å². The minimum absolute atomic E-state index is 0.0519. The molecule has 2 aromatic carbocycles. The van der Waals surface area contributed by atoms with Crippen molar-refractivity contribution in [1.82, 2.24) is 15.2 Å². The molecule has 1 saturated heterocycles. The Morgan fingerprint density at radius 3 is 2.55 bits per heavy atom. The van der Waals surface area contributed by atoms with Gasteiger partial charge in [0.2, 0.25) is 5.91 Å². The number of amides is 1. The van der Waals surface area contributed by atoms with Crippen molar-refractivity contribution >= 4 is 5.91 Å². The highest BCUT2D eigenvalue weighted by atomic mass is 16.5. The van der Waals surface area contributed by atoms with Gasteiger partial charge < -0.3 is 14.5 Å². The van der Waals surface area contributed by atoms with Crippen LogP contribution in [0, 0.1) is 0 Å². The fourth-order valence-electron chi connectivity index (χ4n) is 3.73. The Morgan fingerprint density at radius 1 is 1.00 bits per heavy atom. The molecule has 3 aromatic rings. The monoisotopic (exact) mass is 419 g/mol. The molecule has 162 valence electrons. The molecule has 1 aromatic heterocycles. The van der Waals surface area contributed by atoms with Crippen LogP contribution in [0.2, 0.25) is 0 Å². The highest BCUT2D eigenvalue weighted by molar-refractivity contribution is 5.75.